The Hall–Kier alpha value is -1.68. The average Bonchev–Trinajstić information content (AvgIpc) is 2.36. The highest BCUT2D eigenvalue weighted by Gasteiger charge is 2.14. The molecule has 0 aliphatic rings. The molecule has 1 aromatic carbocycles. The summed E-state index contributed by atoms with van der Waals surface area (Å²) in [5.41, 5.74) is 1.12. The van der Waals surface area contributed by atoms with Gasteiger partial charge in [0.05, 0.1) is 22.9 Å². The van der Waals surface area contributed by atoms with Crippen molar-refractivity contribution in [3.8, 4) is 0 Å². The van der Waals surface area contributed by atoms with Gasteiger partial charge in [-0.15, -0.1) is 0 Å². The number of aromatic nitrogens is 1. The molecule has 0 saturated carbocycles. The maximum absolute atomic E-state index is 13.8. The zero-order valence-corrected chi connectivity index (χ0v) is 11.3. The zero-order chi connectivity index (χ0) is 14.0. The van der Waals surface area contributed by atoms with E-state index in [9.17, 15) is 8.78 Å². The summed E-state index contributed by atoms with van der Waals surface area (Å²) in [6.07, 6.45) is 3.10. The van der Waals surface area contributed by atoms with Crippen molar-refractivity contribution in [2.45, 2.75) is 19.9 Å². The van der Waals surface area contributed by atoms with Gasteiger partial charge in [0, 0.05) is 11.8 Å². The van der Waals surface area contributed by atoms with Crippen molar-refractivity contribution in [1.29, 1.82) is 0 Å². The van der Waals surface area contributed by atoms with Gasteiger partial charge in [0.1, 0.15) is 11.6 Å². The van der Waals surface area contributed by atoms with E-state index >= 15 is 0 Å². The van der Waals surface area contributed by atoms with Crippen molar-refractivity contribution in [2.75, 3.05) is 5.32 Å². The van der Waals surface area contributed by atoms with Gasteiger partial charge < -0.3 is 5.32 Å². The van der Waals surface area contributed by atoms with Crippen molar-refractivity contribution in [2.24, 2.45) is 0 Å². The number of hydrogen-bond donors (Lipinski definition) is 1. The molecule has 1 unspecified atom stereocenters. The zero-order valence-electron chi connectivity index (χ0n) is 10.5. The highest BCUT2D eigenvalue weighted by molar-refractivity contribution is 6.33. The van der Waals surface area contributed by atoms with Crippen LogP contribution in [0.25, 0.3) is 0 Å². The molecule has 0 fully saturated rings. The van der Waals surface area contributed by atoms with E-state index in [2.05, 4.69) is 10.3 Å². The van der Waals surface area contributed by atoms with Crippen LogP contribution in [0.3, 0.4) is 0 Å². The number of pyridine rings is 1. The topological polar surface area (TPSA) is 24.9 Å². The molecule has 0 aliphatic heterocycles. The summed E-state index contributed by atoms with van der Waals surface area (Å²) in [5.74, 6) is -0.874. The van der Waals surface area contributed by atoms with Gasteiger partial charge in [0.25, 0.3) is 0 Å². The standard InChI is InChI=1S/C14H13ClF2N2/c1-8-5-13(17)10(6-12(8)16)9(2)19-14-7-18-4-3-11(14)15/h3-7,9,19H,1-2H3. The molecule has 1 aromatic heterocycles. The predicted octanol–water partition coefficient (Wildman–Crippen LogP) is 4.49. The van der Waals surface area contributed by atoms with Crippen LogP contribution in [-0.2, 0) is 0 Å². The molecule has 1 heterocycles. The molecule has 1 N–H and O–H groups in total. The van der Waals surface area contributed by atoms with Crippen LogP contribution in [0.4, 0.5) is 14.5 Å². The van der Waals surface area contributed by atoms with E-state index in [1.165, 1.54) is 19.1 Å². The molecule has 0 amide bonds. The summed E-state index contributed by atoms with van der Waals surface area (Å²) in [6, 6.07) is 3.60. The van der Waals surface area contributed by atoms with Crippen LogP contribution in [0.1, 0.15) is 24.1 Å². The minimum Gasteiger partial charge on any atom is -0.376 e. The predicted molar refractivity (Wildman–Crippen MR) is 72.4 cm³/mol. The summed E-state index contributed by atoms with van der Waals surface area (Å²) in [4.78, 5) is 3.93. The molecular formula is C14H13ClF2N2. The molecule has 0 spiro atoms. The van der Waals surface area contributed by atoms with Gasteiger partial charge in [-0.2, -0.15) is 0 Å². The van der Waals surface area contributed by atoms with Crippen molar-refractivity contribution in [3.05, 3.63) is 58.4 Å². The van der Waals surface area contributed by atoms with E-state index in [1.54, 1.807) is 25.4 Å². The summed E-state index contributed by atoms with van der Waals surface area (Å²) in [6.45, 7) is 3.26. The maximum Gasteiger partial charge on any atom is 0.128 e. The number of nitrogens with one attached hydrogen (secondary N) is 1. The normalized spacial score (nSPS) is 12.3. The quantitative estimate of drug-likeness (QED) is 0.897. The maximum atomic E-state index is 13.8. The van der Waals surface area contributed by atoms with Gasteiger partial charge in [0.15, 0.2) is 0 Å². The van der Waals surface area contributed by atoms with Gasteiger partial charge in [-0.05, 0) is 37.6 Å². The van der Waals surface area contributed by atoms with Crippen LogP contribution < -0.4 is 5.32 Å². The van der Waals surface area contributed by atoms with Crippen molar-refractivity contribution in [3.63, 3.8) is 0 Å². The second-order valence-corrected chi connectivity index (χ2v) is 4.75. The Bertz CT molecular complexity index is 602. The Morgan fingerprint density at radius 3 is 2.68 bits per heavy atom. The summed E-state index contributed by atoms with van der Waals surface area (Å²) >= 11 is 5.98. The van der Waals surface area contributed by atoms with Crippen LogP contribution in [-0.4, -0.2) is 4.98 Å². The second-order valence-electron chi connectivity index (χ2n) is 4.34. The van der Waals surface area contributed by atoms with E-state index in [0.717, 1.165) is 0 Å². The minimum atomic E-state index is -0.445. The smallest absolute Gasteiger partial charge is 0.128 e. The fourth-order valence-electron chi connectivity index (χ4n) is 1.79. The number of benzene rings is 1. The molecule has 5 heteroatoms. The lowest BCUT2D eigenvalue weighted by molar-refractivity contribution is 0.571. The van der Waals surface area contributed by atoms with E-state index in [-0.39, 0.29) is 11.1 Å². The molecule has 1 atom stereocenters. The Balaban J connectivity index is 2.28. The number of aryl methyl sites for hydroxylation is 1. The van der Waals surface area contributed by atoms with Crippen LogP contribution in [0.5, 0.6) is 0 Å². The molecular weight excluding hydrogens is 270 g/mol. The third-order valence-corrected chi connectivity index (χ3v) is 3.21. The van der Waals surface area contributed by atoms with E-state index in [4.69, 9.17) is 11.6 Å². The first-order valence-corrected chi connectivity index (χ1v) is 6.18. The third kappa shape index (κ3) is 3.01. The molecule has 19 heavy (non-hydrogen) atoms. The molecule has 2 rings (SSSR count). The SMILES string of the molecule is Cc1cc(F)c(C(C)Nc2cnccc2Cl)cc1F. The van der Waals surface area contributed by atoms with Gasteiger partial charge in [-0.1, -0.05) is 11.6 Å². The third-order valence-electron chi connectivity index (χ3n) is 2.88. The number of halogens is 3. The minimum absolute atomic E-state index is 0.253. The van der Waals surface area contributed by atoms with Crippen LogP contribution in [0, 0.1) is 18.6 Å². The molecule has 0 radical (unpaired) electrons. The molecule has 2 aromatic rings. The van der Waals surface area contributed by atoms with Gasteiger partial charge >= 0.3 is 0 Å². The van der Waals surface area contributed by atoms with Crippen LogP contribution in [0.15, 0.2) is 30.6 Å². The monoisotopic (exact) mass is 282 g/mol. The van der Waals surface area contributed by atoms with Crippen molar-refractivity contribution >= 4 is 17.3 Å². The number of hydrogen-bond acceptors (Lipinski definition) is 2. The lowest BCUT2D eigenvalue weighted by Gasteiger charge is -2.17. The highest BCUT2D eigenvalue weighted by Crippen LogP contribution is 2.27. The summed E-state index contributed by atoms with van der Waals surface area (Å²) in [7, 11) is 0. The largest absolute Gasteiger partial charge is 0.376 e. The lowest BCUT2D eigenvalue weighted by Crippen LogP contribution is -2.10. The number of anilines is 1. The van der Waals surface area contributed by atoms with Gasteiger partial charge in [-0.3, -0.25) is 4.98 Å². The van der Waals surface area contributed by atoms with E-state index in [0.29, 0.717) is 10.7 Å². The first-order valence-electron chi connectivity index (χ1n) is 5.80. The first kappa shape index (κ1) is 13.7. The summed E-state index contributed by atoms with van der Waals surface area (Å²) in [5, 5.41) is 3.49. The van der Waals surface area contributed by atoms with E-state index < -0.39 is 17.7 Å². The second kappa shape index (κ2) is 5.53. The number of rotatable bonds is 3. The Morgan fingerprint density at radius 2 is 2.00 bits per heavy atom. The van der Waals surface area contributed by atoms with Crippen molar-refractivity contribution in [1.82, 2.24) is 4.98 Å². The molecule has 0 aliphatic carbocycles. The van der Waals surface area contributed by atoms with Crippen molar-refractivity contribution < 1.29 is 8.78 Å². The molecule has 2 nitrogen and oxygen atoms in total. The molecule has 0 saturated heterocycles. The lowest BCUT2D eigenvalue weighted by atomic mass is 10.0. The Labute approximate surface area is 115 Å². The molecule has 0 bridgehead atoms. The fourth-order valence-corrected chi connectivity index (χ4v) is 1.95. The average molecular weight is 283 g/mol. The summed E-state index contributed by atoms with van der Waals surface area (Å²) < 4.78 is 27.3. The number of nitrogens with zero attached hydrogens (tertiary/aromatic N) is 1. The van der Waals surface area contributed by atoms with Gasteiger partial charge in [0.2, 0.25) is 0 Å². The Morgan fingerprint density at radius 1 is 1.26 bits per heavy atom. The van der Waals surface area contributed by atoms with Crippen LogP contribution in [0.2, 0.25) is 5.02 Å². The van der Waals surface area contributed by atoms with Crippen LogP contribution >= 0.6 is 11.6 Å². The molecule has 100 valence electrons. The first-order chi connectivity index (χ1) is 8.99. The fraction of sp³-hybridized carbons (Fsp3) is 0.214. The van der Waals surface area contributed by atoms with E-state index in [1.807, 2.05) is 0 Å². The Kier molecular flexibility index (Phi) is 4.00. The van der Waals surface area contributed by atoms with Gasteiger partial charge in [-0.25, -0.2) is 8.78 Å². The highest BCUT2D eigenvalue weighted by atomic mass is 35.5.